The lowest BCUT2D eigenvalue weighted by atomic mass is 10.1. The molecule has 0 saturated heterocycles. The van der Waals surface area contributed by atoms with Crippen molar-refractivity contribution >= 4 is 21.8 Å². The lowest BCUT2D eigenvalue weighted by molar-refractivity contribution is 0.295. The molecule has 2 aromatic rings. The fraction of sp³-hybridized carbons (Fsp3) is 0.133. The number of benzene rings is 2. The Morgan fingerprint density at radius 3 is 2.67 bits per heavy atom. The van der Waals surface area contributed by atoms with Crippen molar-refractivity contribution < 1.29 is 14.7 Å². The lowest BCUT2D eigenvalue weighted by Crippen LogP contribution is -2.13. The average molecular weight is 351 g/mol. The highest BCUT2D eigenvalue weighted by Gasteiger charge is 2.09. The van der Waals surface area contributed by atoms with Crippen molar-refractivity contribution in [2.75, 3.05) is 7.11 Å². The minimum atomic E-state index is 0.0415. The van der Waals surface area contributed by atoms with Gasteiger partial charge in [0.2, 0.25) is 0 Å². The van der Waals surface area contributed by atoms with Gasteiger partial charge in [0.05, 0.1) is 11.6 Å². The second-order valence-corrected chi connectivity index (χ2v) is 5.09. The van der Waals surface area contributed by atoms with Crippen molar-refractivity contribution in [3.8, 4) is 11.5 Å². The minimum absolute atomic E-state index is 0.0415. The van der Waals surface area contributed by atoms with Crippen LogP contribution in [-0.4, -0.2) is 18.2 Å². The molecule has 0 aliphatic heterocycles. The molecule has 0 bridgehead atoms. The summed E-state index contributed by atoms with van der Waals surface area (Å²) >= 11 is 3.43. The molecule has 0 spiro atoms. The molecule has 0 atom stereocenters. The van der Waals surface area contributed by atoms with Crippen LogP contribution in [0.25, 0.3) is 0 Å². The Morgan fingerprint density at radius 2 is 2.00 bits per heavy atom. The topological polar surface area (TPSA) is 77.1 Å². The summed E-state index contributed by atoms with van der Waals surface area (Å²) in [5.41, 5.74) is 7.00. The number of hydrogen-bond acceptors (Lipinski definition) is 4. The maximum Gasteiger partial charge on any atom is 0.170 e. The zero-order valence-electron chi connectivity index (χ0n) is 11.4. The Kier molecular flexibility index (Phi) is 5.05. The van der Waals surface area contributed by atoms with E-state index in [1.165, 1.54) is 0 Å². The second kappa shape index (κ2) is 6.99. The minimum Gasteiger partial charge on any atom is -0.496 e. The molecule has 0 amide bonds. The Hall–Kier alpha value is -2.21. The largest absolute Gasteiger partial charge is 0.496 e. The SMILES string of the molecule is COc1ccc(/C(N)=N/O)cc1COc1ccccc1Br. The summed E-state index contributed by atoms with van der Waals surface area (Å²) in [6.07, 6.45) is 0. The number of oxime groups is 1. The van der Waals surface area contributed by atoms with Crippen LogP contribution in [0.15, 0.2) is 52.1 Å². The fourth-order valence-corrected chi connectivity index (χ4v) is 2.22. The first-order chi connectivity index (χ1) is 10.2. The summed E-state index contributed by atoms with van der Waals surface area (Å²) in [5, 5.41) is 11.7. The van der Waals surface area contributed by atoms with Crippen LogP contribution in [0.2, 0.25) is 0 Å². The van der Waals surface area contributed by atoms with Crippen molar-refractivity contribution in [3.63, 3.8) is 0 Å². The number of rotatable bonds is 5. The molecule has 0 aromatic heterocycles. The molecule has 0 saturated carbocycles. The molecule has 0 fully saturated rings. The summed E-state index contributed by atoms with van der Waals surface area (Å²) in [6.45, 7) is 0.304. The smallest absolute Gasteiger partial charge is 0.170 e. The zero-order chi connectivity index (χ0) is 15.2. The van der Waals surface area contributed by atoms with Crippen molar-refractivity contribution in [1.82, 2.24) is 0 Å². The number of amidine groups is 1. The van der Waals surface area contributed by atoms with Gasteiger partial charge in [-0.2, -0.15) is 0 Å². The third-order valence-corrected chi connectivity index (χ3v) is 3.56. The molecule has 0 unspecified atom stereocenters. The molecule has 6 heteroatoms. The zero-order valence-corrected chi connectivity index (χ0v) is 13.0. The van der Waals surface area contributed by atoms with Gasteiger partial charge in [-0.25, -0.2) is 0 Å². The first-order valence-corrected chi connectivity index (χ1v) is 6.97. The van der Waals surface area contributed by atoms with E-state index in [0.717, 1.165) is 15.8 Å². The lowest BCUT2D eigenvalue weighted by Gasteiger charge is -2.12. The van der Waals surface area contributed by atoms with Gasteiger partial charge in [-0.05, 0) is 46.3 Å². The monoisotopic (exact) mass is 350 g/mol. The van der Waals surface area contributed by atoms with Gasteiger partial charge in [-0.15, -0.1) is 0 Å². The third kappa shape index (κ3) is 3.66. The number of hydrogen-bond donors (Lipinski definition) is 2. The van der Waals surface area contributed by atoms with E-state index >= 15 is 0 Å². The van der Waals surface area contributed by atoms with Gasteiger partial charge >= 0.3 is 0 Å². The van der Waals surface area contributed by atoms with E-state index in [9.17, 15) is 0 Å². The van der Waals surface area contributed by atoms with E-state index < -0.39 is 0 Å². The first kappa shape index (κ1) is 15.2. The van der Waals surface area contributed by atoms with E-state index in [2.05, 4.69) is 21.1 Å². The van der Waals surface area contributed by atoms with Crippen LogP contribution in [0.1, 0.15) is 11.1 Å². The van der Waals surface area contributed by atoms with Crippen LogP contribution in [0.4, 0.5) is 0 Å². The van der Waals surface area contributed by atoms with Crippen LogP contribution in [0.5, 0.6) is 11.5 Å². The Bertz CT molecular complexity index is 659. The Labute approximate surface area is 131 Å². The van der Waals surface area contributed by atoms with Crippen LogP contribution in [0, 0.1) is 0 Å². The van der Waals surface area contributed by atoms with Crippen molar-refractivity contribution in [1.29, 1.82) is 0 Å². The van der Waals surface area contributed by atoms with Gasteiger partial charge in [0.15, 0.2) is 5.84 Å². The highest BCUT2D eigenvalue weighted by Crippen LogP contribution is 2.27. The molecule has 2 rings (SSSR count). The molecular weight excluding hydrogens is 336 g/mol. The van der Waals surface area contributed by atoms with E-state index in [-0.39, 0.29) is 5.84 Å². The number of ether oxygens (including phenoxy) is 2. The summed E-state index contributed by atoms with van der Waals surface area (Å²) < 4.78 is 11.9. The van der Waals surface area contributed by atoms with Gasteiger partial charge < -0.3 is 20.4 Å². The molecule has 0 aliphatic carbocycles. The molecular formula is C15H15BrN2O3. The second-order valence-electron chi connectivity index (χ2n) is 4.23. The van der Waals surface area contributed by atoms with Crippen LogP contribution < -0.4 is 15.2 Å². The quantitative estimate of drug-likeness (QED) is 0.376. The van der Waals surface area contributed by atoms with Gasteiger partial charge in [0, 0.05) is 11.1 Å². The first-order valence-electron chi connectivity index (χ1n) is 6.18. The third-order valence-electron chi connectivity index (χ3n) is 2.90. The normalized spacial score (nSPS) is 11.2. The van der Waals surface area contributed by atoms with Crippen molar-refractivity contribution in [2.24, 2.45) is 10.9 Å². The van der Waals surface area contributed by atoms with E-state index in [4.69, 9.17) is 20.4 Å². The number of nitrogens with two attached hydrogens (primary N) is 1. The van der Waals surface area contributed by atoms with Gasteiger partial charge in [0.25, 0.3) is 0 Å². The molecule has 0 heterocycles. The van der Waals surface area contributed by atoms with E-state index in [1.54, 1.807) is 25.3 Å². The van der Waals surface area contributed by atoms with Crippen LogP contribution in [-0.2, 0) is 6.61 Å². The summed E-state index contributed by atoms with van der Waals surface area (Å²) in [5.74, 6) is 1.45. The fourth-order valence-electron chi connectivity index (χ4n) is 1.83. The van der Waals surface area contributed by atoms with Crippen LogP contribution in [0.3, 0.4) is 0 Å². The molecule has 21 heavy (non-hydrogen) atoms. The maximum atomic E-state index is 8.74. The van der Waals surface area contributed by atoms with Gasteiger partial charge in [-0.3, -0.25) is 0 Å². The highest BCUT2D eigenvalue weighted by atomic mass is 79.9. The van der Waals surface area contributed by atoms with Gasteiger partial charge in [0.1, 0.15) is 18.1 Å². The van der Waals surface area contributed by atoms with Crippen molar-refractivity contribution in [2.45, 2.75) is 6.61 Å². The maximum absolute atomic E-state index is 8.74. The highest BCUT2D eigenvalue weighted by molar-refractivity contribution is 9.10. The Morgan fingerprint density at radius 1 is 1.24 bits per heavy atom. The standard InChI is InChI=1S/C15H15BrN2O3/c1-20-13-7-6-10(15(17)18-19)8-11(13)9-21-14-5-3-2-4-12(14)16/h2-8,19H,9H2,1H3,(H2,17,18). The molecule has 2 aromatic carbocycles. The Balaban J connectivity index is 2.24. The molecule has 5 nitrogen and oxygen atoms in total. The predicted octanol–water partition coefficient (Wildman–Crippen LogP) is 3.13. The molecule has 0 aliphatic rings. The van der Waals surface area contributed by atoms with E-state index in [1.807, 2.05) is 24.3 Å². The average Bonchev–Trinajstić information content (AvgIpc) is 2.53. The summed E-state index contributed by atoms with van der Waals surface area (Å²) in [6, 6.07) is 12.8. The summed E-state index contributed by atoms with van der Waals surface area (Å²) in [4.78, 5) is 0. The van der Waals surface area contributed by atoms with E-state index in [0.29, 0.717) is 17.9 Å². The molecule has 0 radical (unpaired) electrons. The summed E-state index contributed by atoms with van der Waals surface area (Å²) in [7, 11) is 1.58. The number of methoxy groups -OCH3 is 1. The van der Waals surface area contributed by atoms with Crippen LogP contribution >= 0.6 is 15.9 Å². The van der Waals surface area contributed by atoms with Crippen molar-refractivity contribution in [3.05, 3.63) is 58.1 Å². The molecule has 110 valence electrons. The molecule has 3 N–H and O–H groups in total. The van der Waals surface area contributed by atoms with Gasteiger partial charge in [-0.1, -0.05) is 17.3 Å². The predicted molar refractivity (Wildman–Crippen MR) is 84.0 cm³/mol. The number of halogens is 1. The number of para-hydroxylation sites is 1. The number of nitrogens with zero attached hydrogens (tertiary/aromatic N) is 1.